The van der Waals surface area contributed by atoms with Crippen molar-refractivity contribution in [2.45, 2.75) is 38.8 Å². The van der Waals surface area contributed by atoms with Crippen molar-refractivity contribution in [3.8, 4) is 0 Å². The van der Waals surface area contributed by atoms with Gasteiger partial charge in [0.15, 0.2) is 0 Å². The van der Waals surface area contributed by atoms with Gasteiger partial charge in [0.05, 0.1) is 19.1 Å². The quantitative estimate of drug-likeness (QED) is 0.446. The van der Waals surface area contributed by atoms with Gasteiger partial charge in [0.1, 0.15) is 0 Å². The Morgan fingerprint density at radius 2 is 1.80 bits per heavy atom. The Bertz CT molecular complexity index is 1150. The Kier molecular flexibility index (Phi) is 8.47. The van der Waals surface area contributed by atoms with Crippen molar-refractivity contribution in [1.82, 2.24) is 5.32 Å². The van der Waals surface area contributed by atoms with Crippen molar-refractivity contribution >= 4 is 23.6 Å². The molecule has 3 aromatic rings. The normalized spacial score (nSPS) is 15.3. The highest BCUT2D eigenvalue weighted by Gasteiger charge is 2.18. The highest BCUT2D eigenvalue weighted by Crippen LogP contribution is 2.21. The van der Waals surface area contributed by atoms with Gasteiger partial charge in [0.2, 0.25) is 5.91 Å². The van der Waals surface area contributed by atoms with E-state index in [2.05, 4.69) is 5.32 Å². The number of nitrogens with zero attached hydrogens (tertiary/aromatic N) is 1. The van der Waals surface area contributed by atoms with E-state index in [9.17, 15) is 9.59 Å². The minimum Gasteiger partial charge on any atom is -0.376 e. The highest BCUT2D eigenvalue weighted by molar-refractivity contribution is 6.03. The summed E-state index contributed by atoms with van der Waals surface area (Å²) in [4.78, 5) is 27.6. The summed E-state index contributed by atoms with van der Waals surface area (Å²) in [5, 5.41) is 2.97. The second-order valence-electron chi connectivity index (χ2n) is 8.94. The number of ether oxygens (including phenoxy) is 1. The molecule has 0 aliphatic carbocycles. The van der Waals surface area contributed by atoms with E-state index in [-0.39, 0.29) is 24.3 Å². The summed E-state index contributed by atoms with van der Waals surface area (Å²) >= 11 is 0. The second-order valence-corrected chi connectivity index (χ2v) is 8.94. The maximum atomic E-state index is 13.3. The predicted molar refractivity (Wildman–Crippen MR) is 140 cm³/mol. The van der Waals surface area contributed by atoms with Crippen LogP contribution in [0.2, 0.25) is 0 Å². The van der Waals surface area contributed by atoms with E-state index >= 15 is 0 Å². The molecule has 1 N–H and O–H groups in total. The maximum absolute atomic E-state index is 13.3. The lowest BCUT2D eigenvalue weighted by atomic mass is 10.1. The minimum absolute atomic E-state index is 0.0435. The Hall–Kier alpha value is -3.70. The van der Waals surface area contributed by atoms with Crippen LogP contribution >= 0.6 is 0 Å². The van der Waals surface area contributed by atoms with Gasteiger partial charge in [-0.15, -0.1) is 0 Å². The summed E-state index contributed by atoms with van der Waals surface area (Å²) in [6, 6.07) is 25.6. The molecular formula is C30H32N2O3. The highest BCUT2D eigenvalue weighted by atomic mass is 16.5. The third-order valence-electron chi connectivity index (χ3n) is 6.08. The molecule has 1 fully saturated rings. The van der Waals surface area contributed by atoms with Gasteiger partial charge in [-0.2, -0.15) is 0 Å². The van der Waals surface area contributed by atoms with E-state index in [0.29, 0.717) is 13.1 Å². The van der Waals surface area contributed by atoms with Crippen LogP contribution in [0.1, 0.15) is 35.1 Å². The van der Waals surface area contributed by atoms with Crippen LogP contribution in [-0.2, 0) is 27.3 Å². The number of hydrogen-bond donors (Lipinski definition) is 1. The Morgan fingerprint density at radius 1 is 1.00 bits per heavy atom. The molecule has 1 aliphatic heterocycles. The van der Waals surface area contributed by atoms with E-state index in [1.165, 1.54) is 5.56 Å². The van der Waals surface area contributed by atoms with Crippen LogP contribution in [-0.4, -0.2) is 31.1 Å². The molecule has 5 nitrogen and oxygen atoms in total. The van der Waals surface area contributed by atoms with E-state index < -0.39 is 0 Å². The van der Waals surface area contributed by atoms with Crippen molar-refractivity contribution in [2.24, 2.45) is 0 Å². The Balaban J connectivity index is 1.50. The number of hydrogen-bond acceptors (Lipinski definition) is 3. The van der Waals surface area contributed by atoms with Gasteiger partial charge >= 0.3 is 0 Å². The minimum atomic E-state index is -0.116. The first kappa shape index (κ1) is 24.4. The SMILES string of the molecule is Cc1ccc(CN(C(=O)/C=C/c2ccccc2)c2cccc(CC(=O)NC[C@H]3CCCO3)c2)cc1. The lowest BCUT2D eigenvalue weighted by Crippen LogP contribution is -2.33. The van der Waals surface area contributed by atoms with Crippen molar-refractivity contribution < 1.29 is 14.3 Å². The standard InChI is InChI=1S/C30H32N2O3/c1-23-12-14-25(15-13-23)22-32(30(34)17-16-24-7-3-2-4-8-24)27-10-5-9-26(19-27)20-29(33)31-21-28-11-6-18-35-28/h2-5,7-10,12-17,19,28H,6,11,18,20-22H2,1H3,(H,31,33)/b17-16+/t28-/m1/s1. The summed E-state index contributed by atoms with van der Waals surface area (Å²) in [7, 11) is 0. The fraction of sp³-hybridized carbons (Fsp3) is 0.267. The van der Waals surface area contributed by atoms with Crippen LogP contribution in [0.4, 0.5) is 5.69 Å². The number of aryl methyl sites for hydroxylation is 1. The lowest BCUT2D eigenvalue weighted by molar-refractivity contribution is -0.121. The van der Waals surface area contributed by atoms with Gasteiger partial charge in [0, 0.05) is 24.9 Å². The van der Waals surface area contributed by atoms with E-state index in [1.807, 2.05) is 91.9 Å². The molecule has 0 spiro atoms. The summed E-state index contributed by atoms with van der Waals surface area (Å²) in [6.45, 7) is 3.79. The summed E-state index contributed by atoms with van der Waals surface area (Å²) in [6.07, 6.45) is 5.84. The molecule has 2 amide bonds. The third kappa shape index (κ3) is 7.39. The maximum Gasteiger partial charge on any atom is 0.251 e. The van der Waals surface area contributed by atoms with Crippen LogP contribution in [0.3, 0.4) is 0 Å². The van der Waals surface area contributed by atoms with Gasteiger partial charge in [-0.1, -0.05) is 72.3 Å². The number of nitrogens with one attached hydrogen (secondary N) is 1. The zero-order valence-electron chi connectivity index (χ0n) is 20.2. The smallest absolute Gasteiger partial charge is 0.251 e. The average Bonchev–Trinajstić information content (AvgIpc) is 3.40. The molecule has 35 heavy (non-hydrogen) atoms. The van der Waals surface area contributed by atoms with E-state index in [1.54, 1.807) is 11.0 Å². The summed E-state index contributed by atoms with van der Waals surface area (Å²) in [5.74, 6) is -0.160. The lowest BCUT2D eigenvalue weighted by Gasteiger charge is -2.22. The van der Waals surface area contributed by atoms with Crippen molar-refractivity contribution in [3.05, 3.63) is 107 Å². The topological polar surface area (TPSA) is 58.6 Å². The zero-order chi connectivity index (χ0) is 24.5. The Labute approximate surface area is 207 Å². The van der Waals surface area contributed by atoms with Gasteiger partial charge in [-0.3, -0.25) is 9.59 Å². The van der Waals surface area contributed by atoms with E-state index in [0.717, 1.165) is 41.8 Å². The number of carbonyl (C=O) groups excluding carboxylic acids is 2. The molecular weight excluding hydrogens is 436 g/mol. The van der Waals surface area contributed by atoms with Gasteiger partial charge in [0.25, 0.3) is 5.91 Å². The number of amides is 2. The third-order valence-corrected chi connectivity index (χ3v) is 6.08. The van der Waals surface area contributed by atoms with Crippen LogP contribution in [0, 0.1) is 6.92 Å². The van der Waals surface area contributed by atoms with Crippen LogP contribution in [0.5, 0.6) is 0 Å². The molecule has 0 saturated carbocycles. The number of anilines is 1. The molecule has 1 saturated heterocycles. The fourth-order valence-corrected chi connectivity index (χ4v) is 4.11. The molecule has 5 heteroatoms. The molecule has 0 aromatic heterocycles. The van der Waals surface area contributed by atoms with Crippen molar-refractivity contribution in [1.29, 1.82) is 0 Å². The van der Waals surface area contributed by atoms with Crippen LogP contribution < -0.4 is 10.2 Å². The Morgan fingerprint density at radius 3 is 2.54 bits per heavy atom. The first-order chi connectivity index (χ1) is 17.1. The van der Waals surface area contributed by atoms with Crippen molar-refractivity contribution in [2.75, 3.05) is 18.1 Å². The summed E-state index contributed by atoms with van der Waals surface area (Å²) in [5.41, 5.74) is 4.80. The fourth-order valence-electron chi connectivity index (χ4n) is 4.11. The average molecular weight is 469 g/mol. The molecule has 180 valence electrons. The van der Waals surface area contributed by atoms with Gasteiger partial charge < -0.3 is 15.0 Å². The predicted octanol–water partition coefficient (Wildman–Crippen LogP) is 5.08. The second kappa shape index (κ2) is 12.1. The first-order valence-corrected chi connectivity index (χ1v) is 12.1. The molecule has 0 bridgehead atoms. The van der Waals surface area contributed by atoms with Gasteiger partial charge in [-0.05, 0) is 54.7 Å². The van der Waals surface area contributed by atoms with Gasteiger partial charge in [-0.25, -0.2) is 0 Å². The number of rotatable bonds is 9. The number of carbonyl (C=O) groups is 2. The van der Waals surface area contributed by atoms with Crippen LogP contribution in [0.25, 0.3) is 6.08 Å². The number of benzene rings is 3. The molecule has 0 unspecified atom stereocenters. The first-order valence-electron chi connectivity index (χ1n) is 12.1. The molecule has 3 aromatic carbocycles. The van der Waals surface area contributed by atoms with E-state index in [4.69, 9.17) is 4.74 Å². The monoisotopic (exact) mass is 468 g/mol. The molecule has 4 rings (SSSR count). The molecule has 1 aliphatic rings. The zero-order valence-corrected chi connectivity index (χ0v) is 20.2. The summed E-state index contributed by atoms with van der Waals surface area (Å²) < 4.78 is 5.58. The molecule has 0 radical (unpaired) electrons. The molecule has 1 heterocycles. The van der Waals surface area contributed by atoms with Crippen molar-refractivity contribution in [3.63, 3.8) is 0 Å². The largest absolute Gasteiger partial charge is 0.376 e. The molecule has 1 atom stereocenters. The van der Waals surface area contributed by atoms with Crippen LogP contribution in [0.15, 0.2) is 84.9 Å².